The second-order valence-electron chi connectivity index (χ2n) is 6.40. The van der Waals surface area contributed by atoms with Crippen LogP contribution in [0.2, 0.25) is 0 Å². The summed E-state index contributed by atoms with van der Waals surface area (Å²) < 4.78 is 0.617. The summed E-state index contributed by atoms with van der Waals surface area (Å²) in [5, 5.41) is 14.6. The molecule has 1 N–H and O–H groups in total. The first-order valence-electron chi connectivity index (χ1n) is 7.32. The molecular weight excluding hydrogens is 320 g/mol. The molecule has 4 unspecified atom stereocenters. The van der Waals surface area contributed by atoms with Crippen molar-refractivity contribution in [2.45, 2.75) is 31.8 Å². The smallest absolute Gasteiger partial charge is 0.283 e. The predicted octanol–water partition coefficient (Wildman–Crippen LogP) is 3.49. The number of fused-ring (bicyclic) bond motifs is 5. The lowest BCUT2D eigenvalue weighted by molar-refractivity contribution is -0.385. The van der Waals surface area contributed by atoms with Crippen molar-refractivity contribution in [1.82, 2.24) is 5.32 Å². The number of hydrogen-bond acceptors (Lipinski definition) is 3. The third-order valence-electron chi connectivity index (χ3n) is 5.52. The summed E-state index contributed by atoms with van der Waals surface area (Å²) >= 11 is 3.37. The molecule has 0 radical (unpaired) electrons. The van der Waals surface area contributed by atoms with Gasteiger partial charge in [0.25, 0.3) is 5.69 Å². The molecule has 0 aromatic heterocycles. The summed E-state index contributed by atoms with van der Waals surface area (Å²) in [6.07, 6.45) is 4.29. The van der Waals surface area contributed by atoms with Crippen molar-refractivity contribution in [2.24, 2.45) is 23.7 Å². The van der Waals surface area contributed by atoms with E-state index in [1.165, 1.54) is 19.3 Å². The van der Waals surface area contributed by atoms with Crippen molar-refractivity contribution in [2.75, 3.05) is 0 Å². The minimum atomic E-state index is -0.334. The lowest BCUT2D eigenvalue weighted by Crippen LogP contribution is -2.22. The van der Waals surface area contributed by atoms with Crippen LogP contribution in [-0.2, 0) is 6.54 Å². The van der Waals surface area contributed by atoms with Gasteiger partial charge in [0.2, 0.25) is 0 Å². The maximum Gasteiger partial charge on any atom is 0.283 e. The summed E-state index contributed by atoms with van der Waals surface area (Å²) in [6.45, 7) is 0.722. The summed E-state index contributed by atoms with van der Waals surface area (Å²) in [7, 11) is 0. The molecule has 2 bridgehead atoms. The van der Waals surface area contributed by atoms with E-state index in [9.17, 15) is 10.1 Å². The van der Waals surface area contributed by atoms with Crippen molar-refractivity contribution >= 4 is 21.6 Å². The number of nitro benzene ring substituents is 1. The van der Waals surface area contributed by atoms with Gasteiger partial charge in [-0.05, 0) is 64.4 Å². The molecule has 1 aromatic rings. The Morgan fingerprint density at radius 3 is 2.65 bits per heavy atom. The van der Waals surface area contributed by atoms with Crippen LogP contribution in [0.15, 0.2) is 22.7 Å². The highest BCUT2D eigenvalue weighted by atomic mass is 79.9. The van der Waals surface area contributed by atoms with Gasteiger partial charge >= 0.3 is 0 Å². The molecule has 1 aromatic carbocycles. The van der Waals surface area contributed by atoms with Crippen molar-refractivity contribution in [3.8, 4) is 0 Å². The van der Waals surface area contributed by atoms with E-state index < -0.39 is 0 Å². The average Bonchev–Trinajstić information content (AvgIpc) is 2.81. The van der Waals surface area contributed by atoms with E-state index in [2.05, 4.69) is 21.2 Å². The van der Waals surface area contributed by atoms with Crippen LogP contribution in [-0.4, -0.2) is 11.0 Å². The quantitative estimate of drug-likeness (QED) is 0.676. The van der Waals surface area contributed by atoms with Gasteiger partial charge in [-0.2, -0.15) is 0 Å². The Labute approximate surface area is 126 Å². The highest BCUT2D eigenvalue weighted by Gasteiger charge is 2.64. The van der Waals surface area contributed by atoms with Crippen molar-refractivity contribution < 1.29 is 4.92 Å². The zero-order valence-corrected chi connectivity index (χ0v) is 12.7. The zero-order valence-electron chi connectivity index (χ0n) is 11.1. The summed E-state index contributed by atoms with van der Waals surface area (Å²) in [5.74, 6) is 3.70. The molecule has 4 nitrogen and oxygen atoms in total. The number of nitrogens with zero attached hydrogens (tertiary/aromatic N) is 1. The second-order valence-corrected chi connectivity index (χ2v) is 7.19. The van der Waals surface area contributed by atoms with Gasteiger partial charge in [0.1, 0.15) is 0 Å². The molecule has 3 saturated carbocycles. The fraction of sp³-hybridized carbons (Fsp3) is 0.600. The number of nitrogens with one attached hydrogen (secondary N) is 1. The number of hydrogen-bond donors (Lipinski definition) is 1. The lowest BCUT2D eigenvalue weighted by atomic mass is 10.0. The van der Waals surface area contributed by atoms with Gasteiger partial charge < -0.3 is 5.32 Å². The Balaban J connectivity index is 1.44. The van der Waals surface area contributed by atoms with E-state index in [0.717, 1.165) is 35.8 Å². The van der Waals surface area contributed by atoms with E-state index in [-0.39, 0.29) is 10.6 Å². The molecule has 4 atom stereocenters. The first-order valence-corrected chi connectivity index (χ1v) is 8.11. The third-order valence-corrected chi connectivity index (χ3v) is 6.43. The monoisotopic (exact) mass is 336 g/mol. The molecule has 3 aliphatic rings. The number of rotatable bonds is 4. The molecule has 0 spiro atoms. The van der Waals surface area contributed by atoms with E-state index in [0.29, 0.717) is 10.5 Å². The maximum atomic E-state index is 10.9. The molecule has 0 saturated heterocycles. The van der Waals surface area contributed by atoms with Crippen LogP contribution < -0.4 is 5.32 Å². The number of nitro groups is 1. The molecule has 3 aliphatic carbocycles. The van der Waals surface area contributed by atoms with Gasteiger partial charge in [-0.3, -0.25) is 10.1 Å². The van der Waals surface area contributed by atoms with Crippen LogP contribution in [0.5, 0.6) is 0 Å². The molecule has 0 amide bonds. The predicted molar refractivity (Wildman–Crippen MR) is 79.2 cm³/mol. The molecule has 4 rings (SSSR count). The Kier molecular flexibility index (Phi) is 2.89. The van der Waals surface area contributed by atoms with E-state index in [1.54, 1.807) is 12.1 Å². The topological polar surface area (TPSA) is 55.2 Å². The molecule has 106 valence electrons. The van der Waals surface area contributed by atoms with Gasteiger partial charge in [0.15, 0.2) is 0 Å². The van der Waals surface area contributed by atoms with Crippen LogP contribution in [0, 0.1) is 33.8 Å². The Bertz CT molecular complexity index is 561. The van der Waals surface area contributed by atoms with Crippen molar-refractivity contribution in [1.29, 1.82) is 0 Å². The molecule has 0 heterocycles. The van der Waals surface area contributed by atoms with E-state index >= 15 is 0 Å². The van der Waals surface area contributed by atoms with Gasteiger partial charge in [-0.1, -0.05) is 12.1 Å². The normalized spacial score (nSPS) is 37.0. The Morgan fingerprint density at radius 2 is 2.00 bits per heavy atom. The third kappa shape index (κ3) is 1.83. The minimum absolute atomic E-state index is 0.153. The zero-order chi connectivity index (χ0) is 13.9. The Morgan fingerprint density at radius 1 is 1.30 bits per heavy atom. The van der Waals surface area contributed by atoms with Gasteiger partial charge in [0.05, 0.1) is 9.40 Å². The van der Waals surface area contributed by atoms with Crippen molar-refractivity contribution in [3.05, 3.63) is 38.3 Å². The minimum Gasteiger partial charge on any atom is -0.309 e. The maximum absolute atomic E-state index is 10.9. The van der Waals surface area contributed by atoms with Crippen LogP contribution in [0.3, 0.4) is 0 Å². The van der Waals surface area contributed by atoms with E-state index in [4.69, 9.17) is 0 Å². The van der Waals surface area contributed by atoms with Gasteiger partial charge in [0, 0.05) is 18.7 Å². The molecular formula is C15H17BrN2O2. The molecule has 20 heavy (non-hydrogen) atoms. The lowest BCUT2D eigenvalue weighted by Gasteiger charge is -2.11. The van der Waals surface area contributed by atoms with Crippen LogP contribution in [0.4, 0.5) is 5.69 Å². The molecule has 5 heteroatoms. The highest BCUT2D eigenvalue weighted by molar-refractivity contribution is 9.10. The summed E-state index contributed by atoms with van der Waals surface area (Å²) in [5.41, 5.74) is 1.14. The average molecular weight is 337 g/mol. The summed E-state index contributed by atoms with van der Waals surface area (Å²) in [4.78, 5) is 10.6. The van der Waals surface area contributed by atoms with Crippen LogP contribution in [0.1, 0.15) is 24.8 Å². The standard InChI is InChI=1S/C15H17BrN2O2/c16-14-10(2-1-3-11(14)18(19)20)7-17-15-12-8-4-5-9(6-8)13(12)15/h1-3,8-9,12-13,15,17H,4-7H2. The summed E-state index contributed by atoms with van der Waals surface area (Å²) in [6, 6.07) is 5.92. The second kappa shape index (κ2) is 4.53. The molecule has 0 aliphatic heterocycles. The fourth-order valence-electron chi connectivity index (χ4n) is 4.67. The van der Waals surface area contributed by atoms with Crippen molar-refractivity contribution in [3.63, 3.8) is 0 Å². The van der Waals surface area contributed by atoms with Gasteiger partial charge in [-0.25, -0.2) is 0 Å². The molecule has 3 fully saturated rings. The number of benzene rings is 1. The van der Waals surface area contributed by atoms with Gasteiger partial charge in [-0.15, -0.1) is 0 Å². The fourth-order valence-corrected chi connectivity index (χ4v) is 5.22. The first kappa shape index (κ1) is 12.8. The van der Waals surface area contributed by atoms with Crippen LogP contribution in [0.25, 0.3) is 0 Å². The van der Waals surface area contributed by atoms with E-state index in [1.807, 2.05) is 6.07 Å². The number of halogens is 1. The SMILES string of the molecule is O=[N+]([O-])c1cccc(CNC2C3C4CCC(C4)C23)c1Br. The largest absolute Gasteiger partial charge is 0.309 e. The first-order chi connectivity index (χ1) is 9.66. The van der Waals surface area contributed by atoms with Crippen LogP contribution >= 0.6 is 15.9 Å². The highest BCUT2D eigenvalue weighted by Crippen LogP contribution is 2.65. The Hall–Kier alpha value is -0.940.